The topological polar surface area (TPSA) is 35.5 Å². The number of aliphatic hydroxyl groups is 1. The molecular formula is C13H28N2O. The van der Waals surface area contributed by atoms with Crippen molar-refractivity contribution in [2.45, 2.75) is 52.1 Å². The van der Waals surface area contributed by atoms with E-state index in [-0.39, 0.29) is 6.61 Å². The Bertz CT molecular complexity index is 183. The highest BCUT2D eigenvalue weighted by atomic mass is 16.3. The molecule has 0 aromatic rings. The molecule has 0 amide bonds. The molecule has 16 heavy (non-hydrogen) atoms. The molecule has 0 aromatic heterocycles. The molecule has 0 aliphatic carbocycles. The van der Waals surface area contributed by atoms with Crippen LogP contribution in [0.2, 0.25) is 0 Å². The Kier molecular flexibility index (Phi) is 6.32. The minimum Gasteiger partial charge on any atom is -0.395 e. The summed E-state index contributed by atoms with van der Waals surface area (Å²) in [7, 11) is 0. The molecule has 0 bridgehead atoms. The first-order valence-electron chi connectivity index (χ1n) is 6.85. The number of hydrogen-bond acceptors (Lipinski definition) is 3. The summed E-state index contributed by atoms with van der Waals surface area (Å²) in [5, 5.41) is 12.7. The van der Waals surface area contributed by atoms with Crippen molar-refractivity contribution < 1.29 is 5.11 Å². The van der Waals surface area contributed by atoms with Gasteiger partial charge in [-0.15, -0.1) is 0 Å². The van der Waals surface area contributed by atoms with E-state index in [9.17, 15) is 5.11 Å². The van der Waals surface area contributed by atoms with Crippen LogP contribution in [-0.4, -0.2) is 48.3 Å². The third-order valence-corrected chi connectivity index (χ3v) is 4.02. The number of nitrogens with zero attached hydrogens (tertiary/aromatic N) is 1. The van der Waals surface area contributed by atoms with Crippen LogP contribution in [0.25, 0.3) is 0 Å². The summed E-state index contributed by atoms with van der Waals surface area (Å²) in [6.07, 6.45) is 3.60. The quantitative estimate of drug-likeness (QED) is 0.692. The largest absolute Gasteiger partial charge is 0.395 e. The summed E-state index contributed by atoms with van der Waals surface area (Å²) in [4.78, 5) is 2.54. The Morgan fingerprint density at radius 1 is 1.25 bits per heavy atom. The fraction of sp³-hybridized carbons (Fsp3) is 1.00. The van der Waals surface area contributed by atoms with Crippen LogP contribution in [0.5, 0.6) is 0 Å². The van der Waals surface area contributed by atoms with Crippen molar-refractivity contribution in [3.8, 4) is 0 Å². The fourth-order valence-electron chi connectivity index (χ4n) is 3.02. The highest BCUT2D eigenvalue weighted by Gasteiger charge is 2.33. The Morgan fingerprint density at radius 3 is 2.44 bits per heavy atom. The Morgan fingerprint density at radius 2 is 1.94 bits per heavy atom. The Labute approximate surface area is 100 Å². The van der Waals surface area contributed by atoms with Gasteiger partial charge in [-0.05, 0) is 25.3 Å². The lowest BCUT2D eigenvalue weighted by Crippen LogP contribution is -2.48. The standard InChI is InChI=1S/C13H28N2O/c1-4-11-9-14-10-13(11)15(7-8-16)12(5-2)6-3/h11-14,16H,4-10H2,1-3H3. The molecule has 0 spiro atoms. The van der Waals surface area contributed by atoms with Crippen molar-refractivity contribution in [3.05, 3.63) is 0 Å². The third-order valence-electron chi connectivity index (χ3n) is 4.02. The maximum Gasteiger partial charge on any atom is 0.0558 e. The molecule has 2 atom stereocenters. The van der Waals surface area contributed by atoms with E-state index in [2.05, 4.69) is 31.0 Å². The van der Waals surface area contributed by atoms with Crippen molar-refractivity contribution in [1.82, 2.24) is 10.2 Å². The van der Waals surface area contributed by atoms with Gasteiger partial charge in [0.1, 0.15) is 0 Å². The first-order valence-corrected chi connectivity index (χ1v) is 6.85. The molecule has 3 nitrogen and oxygen atoms in total. The number of hydrogen-bond donors (Lipinski definition) is 2. The van der Waals surface area contributed by atoms with Crippen LogP contribution in [0, 0.1) is 5.92 Å². The lowest BCUT2D eigenvalue weighted by molar-refractivity contribution is 0.0830. The Hall–Kier alpha value is -0.120. The average Bonchev–Trinajstić information content (AvgIpc) is 2.77. The zero-order valence-corrected chi connectivity index (χ0v) is 11.1. The number of nitrogens with one attached hydrogen (secondary N) is 1. The van der Waals surface area contributed by atoms with Gasteiger partial charge in [-0.1, -0.05) is 27.2 Å². The molecule has 1 aliphatic heterocycles. The Balaban J connectivity index is 2.67. The van der Waals surface area contributed by atoms with E-state index in [1.807, 2.05) is 0 Å². The minimum atomic E-state index is 0.281. The normalized spacial score (nSPS) is 25.9. The van der Waals surface area contributed by atoms with E-state index in [4.69, 9.17) is 0 Å². The smallest absolute Gasteiger partial charge is 0.0558 e. The second-order valence-electron chi connectivity index (χ2n) is 4.83. The molecule has 1 rings (SSSR count). The second-order valence-corrected chi connectivity index (χ2v) is 4.83. The van der Waals surface area contributed by atoms with Gasteiger partial charge >= 0.3 is 0 Å². The zero-order chi connectivity index (χ0) is 12.0. The van der Waals surface area contributed by atoms with E-state index >= 15 is 0 Å². The van der Waals surface area contributed by atoms with Crippen molar-refractivity contribution in [1.29, 1.82) is 0 Å². The predicted octanol–water partition coefficient (Wildman–Crippen LogP) is 1.47. The van der Waals surface area contributed by atoms with Crippen LogP contribution in [-0.2, 0) is 0 Å². The van der Waals surface area contributed by atoms with Crippen LogP contribution in [0.1, 0.15) is 40.0 Å². The molecular weight excluding hydrogens is 200 g/mol. The molecule has 1 aliphatic rings. The molecule has 2 unspecified atom stereocenters. The molecule has 0 saturated carbocycles. The fourth-order valence-corrected chi connectivity index (χ4v) is 3.02. The van der Waals surface area contributed by atoms with Gasteiger partial charge in [0.05, 0.1) is 6.61 Å². The summed E-state index contributed by atoms with van der Waals surface area (Å²) >= 11 is 0. The highest BCUT2D eigenvalue weighted by molar-refractivity contribution is 4.90. The van der Waals surface area contributed by atoms with Crippen LogP contribution < -0.4 is 5.32 Å². The summed E-state index contributed by atoms with van der Waals surface area (Å²) in [5.41, 5.74) is 0. The molecule has 0 aromatic carbocycles. The lowest BCUT2D eigenvalue weighted by Gasteiger charge is -2.37. The summed E-state index contributed by atoms with van der Waals surface area (Å²) in [6, 6.07) is 1.26. The van der Waals surface area contributed by atoms with Crippen molar-refractivity contribution in [2.24, 2.45) is 5.92 Å². The summed E-state index contributed by atoms with van der Waals surface area (Å²) < 4.78 is 0. The van der Waals surface area contributed by atoms with Crippen molar-refractivity contribution in [2.75, 3.05) is 26.2 Å². The van der Waals surface area contributed by atoms with Gasteiger partial charge in [-0.2, -0.15) is 0 Å². The summed E-state index contributed by atoms with van der Waals surface area (Å²) in [5.74, 6) is 0.757. The molecule has 2 N–H and O–H groups in total. The lowest BCUT2D eigenvalue weighted by atomic mass is 9.96. The van der Waals surface area contributed by atoms with Crippen molar-refractivity contribution in [3.63, 3.8) is 0 Å². The van der Waals surface area contributed by atoms with E-state index in [0.29, 0.717) is 12.1 Å². The molecule has 1 saturated heterocycles. The van der Waals surface area contributed by atoms with Gasteiger partial charge in [0.25, 0.3) is 0 Å². The molecule has 0 radical (unpaired) electrons. The van der Waals surface area contributed by atoms with Gasteiger partial charge in [0, 0.05) is 25.2 Å². The van der Waals surface area contributed by atoms with Crippen LogP contribution in [0.15, 0.2) is 0 Å². The first kappa shape index (κ1) is 13.9. The maximum atomic E-state index is 9.23. The molecule has 1 heterocycles. The second kappa shape index (κ2) is 7.25. The molecule has 96 valence electrons. The third kappa shape index (κ3) is 3.19. The van der Waals surface area contributed by atoms with Gasteiger partial charge in [-0.3, -0.25) is 4.90 Å². The van der Waals surface area contributed by atoms with Crippen LogP contribution >= 0.6 is 0 Å². The molecule has 1 fully saturated rings. The summed E-state index contributed by atoms with van der Waals surface area (Å²) in [6.45, 7) is 10.1. The first-order chi connectivity index (χ1) is 7.78. The van der Waals surface area contributed by atoms with Gasteiger partial charge in [-0.25, -0.2) is 0 Å². The van der Waals surface area contributed by atoms with E-state index in [0.717, 1.165) is 25.6 Å². The average molecular weight is 228 g/mol. The maximum absolute atomic E-state index is 9.23. The van der Waals surface area contributed by atoms with Crippen LogP contribution in [0.3, 0.4) is 0 Å². The molecule has 3 heteroatoms. The minimum absolute atomic E-state index is 0.281. The van der Waals surface area contributed by atoms with Crippen molar-refractivity contribution >= 4 is 0 Å². The predicted molar refractivity (Wildman–Crippen MR) is 68.6 cm³/mol. The van der Waals surface area contributed by atoms with E-state index in [1.165, 1.54) is 19.3 Å². The van der Waals surface area contributed by atoms with Crippen LogP contribution in [0.4, 0.5) is 0 Å². The monoisotopic (exact) mass is 228 g/mol. The number of rotatable bonds is 7. The highest BCUT2D eigenvalue weighted by Crippen LogP contribution is 2.23. The van der Waals surface area contributed by atoms with Gasteiger partial charge in [0.15, 0.2) is 0 Å². The van der Waals surface area contributed by atoms with E-state index in [1.54, 1.807) is 0 Å². The zero-order valence-electron chi connectivity index (χ0n) is 11.1. The SMILES string of the molecule is CCC1CNCC1N(CCO)C(CC)CC. The van der Waals surface area contributed by atoms with Gasteiger partial charge in [0.2, 0.25) is 0 Å². The van der Waals surface area contributed by atoms with Gasteiger partial charge < -0.3 is 10.4 Å². The van der Waals surface area contributed by atoms with E-state index < -0.39 is 0 Å². The number of aliphatic hydroxyl groups excluding tert-OH is 1.